The van der Waals surface area contributed by atoms with E-state index in [1.807, 2.05) is 43.3 Å². The molecule has 3 aromatic rings. The number of amides is 2. The van der Waals surface area contributed by atoms with E-state index in [0.717, 1.165) is 23.2 Å². The van der Waals surface area contributed by atoms with Gasteiger partial charge in [-0.1, -0.05) is 24.3 Å². The Morgan fingerprint density at radius 2 is 1.68 bits per heavy atom. The number of rotatable bonds is 6. The highest BCUT2D eigenvalue weighted by molar-refractivity contribution is 6.06. The van der Waals surface area contributed by atoms with Crippen molar-refractivity contribution < 1.29 is 9.59 Å². The molecule has 0 aliphatic carbocycles. The lowest BCUT2D eigenvalue weighted by molar-refractivity contribution is 0.0796. The maximum Gasteiger partial charge on any atom is 0.255 e. The Morgan fingerprint density at radius 1 is 0.964 bits per heavy atom. The standard InChI is InChI=1S/C23H23N3O2/c1-17-6-3-4-9-21(17)25-22(27)19-7-5-8-20(16-19)23(28)26(2)15-12-18-10-13-24-14-11-18/h3-11,13-14,16H,12,15H2,1-2H3,(H,25,27). The van der Waals surface area contributed by atoms with Crippen molar-refractivity contribution in [3.63, 3.8) is 0 Å². The predicted molar refractivity (Wildman–Crippen MR) is 110 cm³/mol. The predicted octanol–water partition coefficient (Wildman–Crippen LogP) is 3.96. The van der Waals surface area contributed by atoms with Crippen molar-refractivity contribution in [2.75, 3.05) is 18.9 Å². The minimum Gasteiger partial charge on any atom is -0.341 e. The molecule has 2 aromatic carbocycles. The SMILES string of the molecule is Cc1ccccc1NC(=O)c1cccc(C(=O)N(C)CCc2ccncc2)c1. The summed E-state index contributed by atoms with van der Waals surface area (Å²) in [6.45, 7) is 2.52. The van der Waals surface area contributed by atoms with Crippen LogP contribution >= 0.6 is 0 Å². The van der Waals surface area contributed by atoms with E-state index in [2.05, 4.69) is 10.3 Å². The van der Waals surface area contributed by atoms with E-state index in [9.17, 15) is 9.59 Å². The molecule has 1 heterocycles. The third kappa shape index (κ3) is 4.82. The number of anilines is 1. The smallest absolute Gasteiger partial charge is 0.255 e. The fraction of sp³-hybridized carbons (Fsp3) is 0.174. The molecule has 0 saturated carbocycles. The first-order valence-corrected chi connectivity index (χ1v) is 9.16. The molecule has 3 rings (SSSR count). The first kappa shape index (κ1) is 19.3. The van der Waals surface area contributed by atoms with Gasteiger partial charge in [0.2, 0.25) is 0 Å². The lowest BCUT2D eigenvalue weighted by Crippen LogP contribution is -2.29. The second kappa shape index (κ2) is 8.95. The number of para-hydroxylation sites is 1. The number of carbonyl (C=O) groups excluding carboxylic acids is 2. The average Bonchev–Trinajstić information content (AvgIpc) is 2.74. The summed E-state index contributed by atoms with van der Waals surface area (Å²) in [7, 11) is 1.77. The quantitative estimate of drug-likeness (QED) is 0.711. The maximum atomic E-state index is 12.7. The largest absolute Gasteiger partial charge is 0.341 e. The van der Waals surface area contributed by atoms with Gasteiger partial charge in [0.15, 0.2) is 0 Å². The molecule has 0 atom stereocenters. The van der Waals surface area contributed by atoms with Gasteiger partial charge in [-0.15, -0.1) is 0 Å². The Labute approximate surface area is 165 Å². The Bertz CT molecular complexity index is 970. The van der Waals surface area contributed by atoms with Crippen LogP contribution in [-0.4, -0.2) is 35.3 Å². The van der Waals surface area contributed by atoms with Crippen molar-refractivity contribution in [3.8, 4) is 0 Å². The number of likely N-dealkylation sites (N-methyl/N-ethyl adjacent to an activating group) is 1. The molecule has 0 spiro atoms. The fourth-order valence-corrected chi connectivity index (χ4v) is 2.87. The van der Waals surface area contributed by atoms with Crippen LogP contribution in [0, 0.1) is 6.92 Å². The summed E-state index contributed by atoms with van der Waals surface area (Å²) < 4.78 is 0. The maximum absolute atomic E-state index is 12.7. The number of carbonyl (C=O) groups is 2. The number of pyridine rings is 1. The third-order valence-electron chi connectivity index (χ3n) is 4.60. The molecule has 1 N–H and O–H groups in total. The highest BCUT2D eigenvalue weighted by Crippen LogP contribution is 2.16. The Hall–Kier alpha value is -3.47. The normalized spacial score (nSPS) is 10.4. The third-order valence-corrected chi connectivity index (χ3v) is 4.60. The van der Waals surface area contributed by atoms with Crippen LogP contribution in [0.25, 0.3) is 0 Å². The molecule has 0 fully saturated rings. The summed E-state index contributed by atoms with van der Waals surface area (Å²) in [5, 5.41) is 2.90. The van der Waals surface area contributed by atoms with Gasteiger partial charge in [0.25, 0.3) is 11.8 Å². The van der Waals surface area contributed by atoms with Gasteiger partial charge >= 0.3 is 0 Å². The molecule has 5 heteroatoms. The number of nitrogens with one attached hydrogen (secondary N) is 1. The van der Waals surface area contributed by atoms with Gasteiger partial charge in [0.05, 0.1) is 0 Å². The molecule has 28 heavy (non-hydrogen) atoms. The van der Waals surface area contributed by atoms with E-state index < -0.39 is 0 Å². The van der Waals surface area contributed by atoms with Crippen molar-refractivity contribution in [1.29, 1.82) is 0 Å². The second-order valence-corrected chi connectivity index (χ2v) is 6.68. The first-order valence-electron chi connectivity index (χ1n) is 9.16. The van der Waals surface area contributed by atoms with E-state index in [1.54, 1.807) is 48.6 Å². The summed E-state index contributed by atoms with van der Waals surface area (Å²) >= 11 is 0. The van der Waals surface area contributed by atoms with Gasteiger partial charge < -0.3 is 10.2 Å². The number of hydrogen-bond donors (Lipinski definition) is 1. The van der Waals surface area contributed by atoms with Crippen LogP contribution < -0.4 is 5.32 Å². The summed E-state index contributed by atoms with van der Waals surface area (Å²) in [6.07, 6.45) is 4.24. The number of aryl methyl sites for hydroxylation is 1. The Kier molecular flexibility index (Phi) is 6.17. The van der Waals surface area contributed by atoms with Crippen LogP contribution in [-0.2, 0) is 6.42 Å². The number of hydrogen-bond acceptors (Lipinski definition) is 3. The van der Waals surface area contributed by atoms with Gasteiger partial charge in [-0.25, -0.2) is 0 Å². The van der Waals surface area contributed by atoms with Gasteiger partial charge in [-0.05, 0) is 60.9 Å². The molecule has 2 amide bonds. The highest BCUT2D eigenvalue weighted by atomic mass is 16.2. The second-order valence-electron chi connectivity index (χ2n) is 6.68. The molecule has 0 aliphatic heterocycles. The molecule has 5 nitrogen and oxygen atoms in total. The van der Waals surface area contributed by atoms with E-state index in [4.69, 9.17) is 0 Å². The van der Waals surface area contributed by atoms with E-state index in [1.165, 1.54) is 0 Å². The minimum absolute atomic E-state index is 0.111. The zero-order chi connectivity index (χ0) is 19.9. The molecule has 0 unspecified atom stereocenters. The molecule has 0 aliphatic rings. The highest BCUT2D eigenvalue weighted by Gasteiger charge is 2.14. The molecular formula is C23H23N3O2. The van der Waals surface area contributed by atoms with Gasteiger partial charge in [0.1, 0.15) is 0 Å². The van der Waals surface area contributed by atoms with Crippen LogP contribution in [0.3, 0.4) is 0 Å². The summed E-state index contributed by atoms with van der Waals surface area (Å²) in [6, 6.07) is 18.3. The van der Waals surface area contributed by atoms with Gasteiger partial charge in [0, 0.05) is 42.8 Å². The molecular weight excluding hydrogens is 350 g/mol. The summed E-state index contributed by atoms with van der Waals surface area (Å²) in [5.41, 5.74) is 3.82. The number of aromatic nitrogens is 1. The zero-order valence-corrected chi connectivity index (χ0v) is 16.1. The first-order chi connectivity index (χ1) is 13.5. The van der Waals surface area contributed by atoms with Crippen molar-refractivity contribution in [3.05, 3.63) is 95.3 Å². The minimum atomic E-state index is -0.233. The average molecular weight is 373 g/mol. The van der Waals surface area contributed by atoms with E-state index in [0.29, 0.717) is 17.7 Å². The fourth-order valence-electron chi connectivity index (χ4n) is 2.87. The summed E-state index contributed by atoms with van der Waals surface area (Å²) in [5.74, 6) is -0.344. The summed E-state index contributed by atoms with van der Waals surface area (Å²) in [4.78, 5) is 31.0. The molecule has 1 aromatic heterocycles. The van der Waals surface area contributed by atoms with Crippen LogP contribution in [0.4, 0.5) is 5.69 Å². The van der Waals surface area contributed by atoms with Crippen molar-refractivity contribution in [1.82, 2.24) is 9.88 Å². The Balaban J connectivity index is 1.67. The zero-order valence-electron chi connectivity index (χ0n) is 16.1. The lowest BCUT2D eigenvalue weighted by Gasteiger charge is -2.17. The number of benzene rings is 2. The molecule has 0 bridgehead atoms. The van der Waals surface area contributed by atoms with Crippen molar-refractivity contribution in [2.45, 2.75) is 13.3 Å². The Morgan fingerprint density at radius 3 is 2.43 bits per heavy atom. The van der Waals surface area contributed by atoms with E-state index in [-0.39, 0.29) is 11.8 Å². The van der Waals surface area contributed by atoms with Crippen molar-refractivity contribution in [2.24, 2.45) is 0 Å². The molecule has 0 saturated heterocycles. The monoisotopic (exact) mass is 373 g/mol. The van der Waals surface area contributed by atoms with Crippen LogP contribution in [0.5, 0.6) is 0 Å². The molecule has 142 valence electrons. The lowest BCUT2D eigenvalue weighted by atomic mass is 10.1. The van der Waals surface area contributed by atoms with E-state index >= 15 is 0 Å². The van der Waals surface area contributed by atoms with Gasteiger partial charge in [-0.3, -0.25) is 14.6 Å². The van der Waals surface area contributed by atoms with Crippen molar-refractivity contribution >= 4 is 17.5 Å². The topological polar surface area (TPSA) is 62.3 Å². The number of nitrogens with zero attached hydrogens (tertiary/aromatic N) is 2. The molecule has 0 radical (unpaired) electrons. The van der Waals surface area contributed by atoms with Crippen LogP contribution in [0.15, 0.2) is 73.1 Å². The van der Waals surface area contributed by atoms with Gasteiger partial charge in [-0.2, -0.15) is 0 Å². The van der Waals surface area contributed by atoms with Crippen LogP contribution in [0.1, 0.15) is 31.8 Å². The van der Waals surface area contributed by atoms with Crippen LogP contribution in [0.2, 0.25) is 0 Å².